The number of amides is 3. The average molecular weight is 344 g/mol. The average Bonchev–Trinajstić information content (AvgIpc) is 2.86. The second-order valence-electron chi connectivity index (χ2n) is 6.93. The lowest BCUT2D eigenvalue weighted by Crippen LogP contribution is -2.35. The highest BCUT2D eigenvalue weighted by atomic mass is 16.5. The van der Waals surface area contributed by atoms with Gasteiger partial charge in [0.15, 0.2) is 0 Å². The Labute approximate surface area is 147 Å². The number of carbonyl (C=O) groups excluding carboxylic acids is 3. The third-order valence-electron chi connectivity index (χ3n) is 4.88. The molecule has 0 saturated carbocycles. The minimum absolute atomic E-state index is 0.204. The van der Waals surface area contributed by atoms with Gasteiger partial charge in [-0.3, -0.25) is 19.3 Å². The van der Waals surface area contributed by atoms with E-state index in [-0.39, 0.29) is 23.8 Å². The quantitative estimate of drug-likeness (QED) is 0.831. The van der Waals surface area contributed by atoms with Gasteiger partial charge in [0.05, 0.1) is 11.1 Å². The molecule has 3 amide bonds. The maximum Gasteiger partial charge on any atom is 0.261 e. The molecule has 0 unspecified atom stereocenters. The second kappa shape index (κ2) is 7.35. The minimum atomic E-state index is -0.327. The lowest BCUT2D eigenvalue weighted by Gasteiger charge is -2.21. The van der Waals surface area contributed by atoms with Crippen molar-refractivity contribution in [2.45, 2.75) is 39.2 Å². The number of imide groups is 1. The van der Waals surface area contributed by atoms with Crippen LogP contribution in [0.2, 0.25) is 0 Å². The van der Waals surface area contributed by atoms with Crippen molar-refractivity contribution in [3.63, 3.8) is 0 Å². The summed E-state index contributed by atoms with van der Waals surface area (Å²) in [5.74, 6) is -0.237. The molecular weight excluding hydrogens is 320 g/mol. The number of nitrogens with one attached hydrogen (secondary N) is 1. The summed E-state index contributed by atoms with van der Waals surface area (Å²) in [4.78, 5) is 38.3. The normalized spacial score (nSPS) is 18.0. The van der Waals surface area contributed by atoms with Crippen molar-refractivity contribution in [1.82, 2.24) is 10.2 Å². The summed E-state index contributed by atoms with van der Waals surface area (Å²) in [5, 5.41) is 2.91. The van der Waals surface area contributed by atoms with Crippen LogP contribution in [-0.2, 0) is 4.74 Å². The highest BCUT2D eigenvalue weighted by molar-refractivity contribution is 6.22. The van der Waals surface area contributed by atoms with E-state index in [0.717, 1.165) is 32.5 Å². The summed E-state index contributed by atoms with van der Waals surface area (Å²) in [6, 6.07) is 4.51. The number of nitrogens with zero attached hydrogens (tertiary/aromatic N) is 1. The Morgan fingerprint density at radius 3 is 2.56 bits per heavy atom. The van der Waals surface area contributed by atoms with Gasteiger partial charge in [-0.2, -0.15) is 0 Å². The standard InChI is InChI=1S/C19H24N2O4/c1-12(2)21-18(23)15-4-3-14(11-16(15)19(21)24)17(22)20-8-5-13-6-9-25-10-7-13/h3-4,11-13H,5-10H2,1-2H3,(H,20,22). The molecule has 6 heteroatoms. The van der Waals surface area contributed by atoms with Crippen molar-refractivity contribution >= 4 is 17.7 Å². The summed E-state index contributed by atoms with van der Waals surface area (Å²) >= 11 is 0. The van der Waals surface area contributed by atoms with E-state index in [2.05, 4.69) is 5.32 Å². The van der Waals surface area contributed by atoms with Gasteiger partial charge in [0.25, 0.3) is 17.7 Å². The smallest absolute Gasteiger partial charge is 0.261 e. The molecule has 25 heavy (non-hydrogen) atoms. The lowest BCUT2D eigenvalue weighted by atomic mass is 9.96. The molecule has 2 aliphatic heterocycles. The molecule has 0 aromatic heterocycles. The topological polar surface area (TPSA) is 75.7 Å². The molecule has 1 saturated heterocycles. The van der Waals surface area contributed by atoms with E-state index >= 15 is 0 Å². The number of hydrogen-bond acceptors (Lipinski definition) is 4. The molecule has 1 N–H and O–H groups in total. The number of hydrogen-bond donors (Lipinski definition) is 1. The molecule has 1 aromatic rings. The van der Waals surface area contributed by atoms with Crippen LogP contribution >= 0.6 is 0 Å². The number of rotatable bonds is 5. The predicted octanol–water partition coefficient (Wildman–Crippen LogP) is 2.24. The van der Waals surface area contributed by atoms with E-state index in [1.807, 2.05) is 0 Å². The van der Waals surface area contributed by atoms with Gasteiger partial charge >= 0.3 is 0 Å². The molecule has 0 atom stereocenters. The molecule has 0 spiro atoms. The molecule has 1 aromatic carbocycles. The third kappa shape index (κ3) is 3.58. The first-order valence-corrected chi connectivity index (χ1v) is 8.87. The first-order valence-electron chi connectivity index (χ1n) is 8.87. The zero-order valence-electron chi connectivity index (χ0n) is 14.7. The molecular formula is C19H24N2O4. The zero-order chi connectivity index (χ0) is 18.0. The fraction of sp³-hybridized carbons (Fsp3) is 0.526. The Morgan fingerprint density at radius 1 is 1.20 bits per heavy atom. The monoisotopic (exact) mass is 344 g/mol. The van der Waals surface area contributed by atoms with E-state index in [1.165, 1.54) is 11.0 Å². The van der Waals surface area contributed by atoms with Crippen LogP contribution in [0, 0.1) is 5.92 Å². The molecule has 1 fully saturated rings. The number of carbonyl (C=O) groups is 3. The van der Waals surface area contributed by atoms with E-state index in [0.29, 0.717) is 29.2 Å². The van der Waals surface area contributed by atoms with Crippen LogP contribution in [0.5, 0.6) is 0 Å². The van der Waals surface area contributed by atoms with Crippen molar-refractivity contribution in [1.29, 1.82) is 0 Å². The molecule has 134 valence electrons. The SMILES string of the molecule is CC(C)N1C(=O)c2ccc(C(=O)NCCC3CCOCC3)cc2C1=O. The first-order chi connectivity index (χ1) is 12.0. The van der Waals surface area contributed by atoms with Crippen molar-refractivity contribution in [2.24, 2.45) is 5.92 Å². The van der Waals surface area contributed by atoms with Gasteiger partial charge in [0.2, 0.25) is 0 Å². The van der Waals surface area contributed by atoms with Gasteiger partial charge in [0, 0.05) is 31.4 Å². The summed E-state index contributed by atoms with van der Waals surface area (Å²) in [7, 11) is 0. The zero-order valence-corrected chi connectivity index (χ0v) is 14.7. The van der Waals surface area contributed by atoms with Gasteiger partial charge < -0.3 is 10.1 Å². The second-order valence-corrected chi connectivity index (χ2v) is 6.93. The maximum absolute atomic E-state index is 12.4. The summed E-state index contributed by atoms with van der Waals surface area (Å²) in [6.07, 6.45) is 3.01. The fourth-order valence-electron chi connectivity index (χ4n) is 3.40. The van der Waals surface area contributed by atoms with Gasteiger partial charge in [-0.25, -0.2) is 0 Å². The Bertz CT molecular complexity index is 693. The Kier molecular flexibility index (Phi) is 5.18. The van der Waals surface area contributed by atoms with E-state index < -0.39 is 0 Å². The van der Waals surface area contributed by atoms with Gasteiger partial charge in [-0.1, -0.05) is 0 Å². The molecule has 0 aliphatic carbocycles. The van der Waals surface area contributed by atoms with Crippen molar-refractivity contribution in [3.05, 3.63) is 34.9 Å². The highest BCUT2D eigenvalue weighted by Crippen LogP contribution is 2.25. The summed E-state index contributed by atoms with van der Waals surface area (Å²) in [5.41, 5.74) is 1.10. The van der Waals surface area contributed by atoms with E-state index in [9.17, 15) is 14.4 Å². The molecule has 0 bridgehead atoms. The van der Waals surface area contributed by atoms with Crippen LogP contribution in [0.3, 0.4) is 0 Å². The predicted molar refractivity (Wildman–Crippen MR) is 92.6 cm³/mol. The third-order valence-corrected chi connectivity index (χ3v) is 4.88. The van der Waals surface area contributed by atoms with Crippen LogP contribution in [0.4, 0.5) is 0 Å². The van der Waals surface area contributed by atoms with Crippen LogP contribution in [0.1, 0.15) is 64.2 Å². The van der Waals surface area contributed by atoms with Crippen molar-refractivity contribution in [2.75, 3.05) is 19.8 Å². The summed E-state index contributed by atoms with van der Waals surface area (Å²) in [6.45, 7) is 5.79. The number of fused-ring (bicyclic) bond motifs is 1. The molecule has 0 radical (unpaired) electrons. The number of benzene rings is 1. The Balaban J connectivity index is 1.63. The Hall–Kier alpha value is -2.21. The molecule has 3 rings (SSSR count). The lowest BCUT2D eigenvalue weighted by molar-refractivity contribution is 0.0608. The fourth-order valence-corrected chi connectivity index (χ4v) is 3.40. The van der Waals surface area contributed by atoms with Crippen LogP contribution in [0.25, 0.3) is 0 Å². The highest BCUT2D eigenvalue weighted by Gasteiger charge is 2.37. The van der Waals surface area contributed by atoms with E-state index in [4.69, 9.17) is 4.74 Å². The minimum Gasteiger partial charge on any atom is -0.381 e. The Morgan fingerprint density at radius 2 is 1.88 bits per heavy atom. The van der Waals surface area contributed by atoms with Crippen molar-refractivity contribution < 1.29 is 19.1 Å². The van der Waals surface area contributed by atoms with Crippen molar-refractivity contribution in [3.8, 4) is 0 Å². The molecule has 2 heterocycles. The van der Waals surface area contributed by atoms with Gasteiger partial charge in [-0.15, -0.1) is 0 Å². The maximum atomic E-state index is 12.4. The van der Waals surface area contributed by atoms with Crippen LogP contribution in [0.15, 0.2) is 18.2 Å². The molecule has 6 nitrogen and oxygen atoms in total. The summed E-state index contributed by atoms with van der Waals surface area (Å²) < 4.78 is 5.33. The van der Waals surface area contributed by atoms with Crippen LogP contribution in [-0.4, -0.2) is 48.4 Å². The van der Waals surface area contributed by atoms with Crippen LogP contribution < -0.4 is 5.32 Å². The number of ether oxygens (including phenoxy) is 1. The van der Waals surface area contributed by atoms with Gasteiger partial charge in [-0.05, 0) is 57.2 Å². The largest absolute Gasteiger partial charge is 0.381 e. The first kappa shape index (κ1) is 17.6. The van der Waals surface area contributed by atoms with Gasteiger partial charge in [0.1, 0.15) is 0 Å². The van der Waals surface area contributed by atoms with E-state index in [1.54, 1.807) is 26.0 Å². The molecule has 2 aliphatic rings.